The number of benzene rings is 2. The van der Waals surface area contributed by atoms with Gasteiger partial charge >= 0.3 is 5.97 Å². The lowest BCUT2D eigenvalue weighted by molar-refractivity contribution is -0.144. The summed E-state index contributed by atoms with van der Waals surface area (Å²) in [4.78, 5) is 14.8. The predicted molar refractivity (Wildman–Crippen MR) is 174 cm³/mol. The first-order valence-corrected chi connectivity index (χ1v) is 16.0. The van der Waals surface area contributed by atoms with Crippen molar-refractivity contribution in [3.05, 3.63) is 88.5 Å². The van der Waals surface area contributed by atoms with Crippen molar-refractivity contribution in [3.8, 4) is 0 Å². The van der Waals surface area contributed by atoms with Crippen LogP contribution in [0.3, 0.4) is 0 Å². The van der Waals surface area contributed by atoms with Crippen LogP contribution in [0.2, 0.25) is 0 Å². The lowest BCUT2D eigenvalue weighted by Gasteiger charge is -2.35. The van der Waals surface area contributed by atoms with Crippen LogP contribution in [0.15, 0.2) is 48.5 Å². The van der Waals surface area contributed by atoms with Crippen LogP contribution in [0, 0.1) is 41.1 Å². The first-order chi connectivity index (χ1) is 20.8. The molecule has 10 heteroatoms. The van der Waals surface area contributed by atoms with Crippen molar-refractivity contribution in [2.75, 3.05) is 19.6 Å². The Labute approximate surface area is 276 Å². The second-order valence-corrected chi connectivity index (χ2v) is 13.2. The van der Waals surface area contributed by atoms with Gasteiger partial charge < -0.3 is 10.0 Å². The first kappa shape index (κ1) is 35.3. The second kappa shape index (κ2) is 15.4. The Morgan fingerprint density at radius 3 is 2.38 bits per heavy atom. The van der Waals surface area contributed by atoms with Gasteiger partial charge in [0.1, 0.15) is 5.82 Å². The number of aliphatic carboxylic acids is 1. The molecular formula is C35H44Cl2F3N3O2. The summed E-state index contributed by atoms with van der Waals surface area (Å²) in [5, 5.41) is 14.9. The SMILES string of the molecule is CCn1nc(Cc2ccc(F)c(F)c2)cc1C1CCN(CC2CC([C@H](CC3CC3)C(=O)O)CC2c2cccc(F)c2)CC1.Cl.Cl. The molecule has 3 unspecified atom stereocenters. The minimum absolute atomic E-state index is 0. The molecule has 0 amide bonds. The van der Waals surface area contributed by atoms with E-state index in [1.165, 1.54) is 23.9 Å². The molecule has 1 N–H and O–H groups in total. The van der Waals surface area contributed by atoms with Gasteiger partial charge in [0.25, 0.3) is 0 Å². The fourth-order valence-electron chi connectivity index (χ4n) is 7.81. The van der Waals surface area contributed by atoms with Gasteiger partial charge in [-0.2, -0.15) is 5.10 Å². The highest BCUT2D eigenvalue weighted by molar-refractivity contribution is 5.85. The molecule has 3 aromatic rings. The molecule has 0 bridgehead atoms. The molecule has 4 atom stereocenters. The third-order valence-electron chi connectivity index (χ3n) is 10.2. The molecule has 0 spiro atoms. The van der Waals surface area contributed by atoms with Gasteiger partial charge in [0.2, 0.25) is 0 Å². The maximum absolute atomic E-state index is 14.3. The van der Waals surface area contributed by atoms with E-state index in [9.17, 15) is 23.1 Å². The largest absolute Gasteiger partial charge is 0.481 e. The summed E-state index contributed by atoms with van der Waals surface area (Å²) in [6, 6.07) is 13.1. The molecule has 0 radical (unpaired) electrons. The second-order valence-electron chi connectivity index (χ2n) is 13.2. The summed E-state index contributed by atoms with van der Waals surface area (Å²) in [6.45, 7) is 5.61. The summed E-state index contributed by atoms with van der Waals surface area (Å²) in [7, 11) is 0. The molecule has 5 nitrogen and oxygen atoms in total. The summed E-state index contributed by atoms with van der Waals surface area (Å²) in [6.07, 6.45) is 7.20. The number of hydrogen-bond acceptors (Lipinski definition) is 3. The minimum atomic E-state index is -0.842. The van der Waals surface area contributed by atoms with E-state index in [0.717, 1.165) is 82.4 Å². The van der Waals surface area contributed by atoms with E-state index in [-0.39, 0.29) is 48.4 Å². The smallest absolute Gasteiger partial charge is 0.306 e. The third kappa shape index (κ3) is 8.44. The van der Waals surface area contributed by atoms with Gasteiger partial charge in [0.15, 0.2) is 11.6 Å². The van der Waals surface area contributed by atoms with Crippen LogP contribution in [0.4, 0.5) is 13.2 Å². The zero-order valence-electron chi connectivity index (χ0n) is 25.7. The number of carboxylic acid groups (broad SMARTS) is 1. The van der Waals surface area contributed by atoms with Gasteiger partial charge in [-0.15, -0.1) is 24.8 Å². The van der Waals surface area contributed by atoms with Gasteiger partial charge in [-0.1, -0.05) is 31.0 Å². The Kier molecular flexibility index (Phi) is 12.1. The highest BCUT2D eigenvalue weighted by atomic mass is 35.5. The standard InChI is InChI=1S/C35H42F3N3O2.2ClH/c1-2-41-34(20-29(39-41)14-23-8-9-32(37)33(38)16-23)24-10-12-40(13-11-24)21-27-17-26(31(35(42)43)15-22-6-7-22)19-30(27)25-4-3-5-28(36)18-25;;/h3-5,8-9,16,18,20,22,24,26-27,30-31H,2,6-7,10-15,17,19,21H2,1H3,(H,42,43);2*1H/t26?,27?,30?,31-;;/m0../s1. The Morgan fingerprint density at radius 1 is 0.978 bits per heavy atom. The number of hydrogen-bond donors (Lipinski definition) is 1. The van der Waals surface area contributed by atoms with Crippen LogP contribution in [-0.2, 0) is 17.8 Å². The molecule has 6 rings (SSSR count). The van der Waals surface area contributed by atoms with Gasteiger partial charge in [-0.05, 0) is 117 Å². The van der Waals surface area contributed by atoms with Crippen molar-refractivity contribution >= 4 is 30.8 Å². The van der Waals surface area contributed by atoms with Crippen LogP contribution >= 0.6 is 24.8 Å². The average Bonchev–Trinajstić information content (AvgIpc) is 3.58. The molecule has 2 saturated carbocycles. The fraction of sp³-hybridized carbons (Fsp3) is 0.543. The molecule has 3 fully saturated rings. The van der Waals surface area contributed by atoms with Crippen LogP contribution in [0.25, 0.3) is 0 Å². The zero-order chi connectivity index (χ0) is 30.1. The van der Waals surface area contributed by atoms with Gasteiger partial charge in [0, 0.05) is 31.1 Å². The highest BCUT2D eigenvalue weighted by Crippen LogP contribution is 2.49. The Balaban J connectivity index is 0.00000230. The summed E-state index contributed by atoms with van der Waals surface area (Å²) < 4.78 is 43.4. The maximum Gasteiger partial charge on any atom is 0.306 e. The maximum atomic E-state index is 14.3. The molecule has 246 valence electrons. The summed E-state index contributed by atoms with van der Waals surface area (Å²) in [5.41, 5.74) is 3.76. The molecule has 1 aliphatic heterocycles. The van der Waals surface area contributed by atoms with Crippen molar-refractivity contribution in [1.29, 1.82) is 0 Å². The third-order valence-corrected chi connectivity index (χ3v) is 10.2. The van der Waals surface area contributed by atoms with Gasteiger partial charge in [-0.25, -0.2) is 13.2 Å². The van der Waals surface area contributed by atoms with Crippen molar-refractivity contribution in [3.63, 3.8) is 0 Å². The Bertz CT molecular complexity index is 1440. The minimum Gasteiger partial charge on any atom is -0.481 e. The van der Waals surface area contributed by atoms with E-state index in [4.69, 9.17) is 5.10 Å². The molecule has 2 heterocycles. The van der Waals surface area contributed by atoms with E-state index in [0.29, 0.717) is 29.7 Å². The van der Waals surface area contributed by atoms with E-state index in [1.54, 1.807) is 18.2 Å². The number of carboxylic acids is 1. The van der Waals surface area contributed by atoms with Crippen molar-refractivity contribution in [2.24, 2.45) is 23.7 Å². The Hall–Kier alpha value is -2.55. The number of piperidine rings is 1. The van der Waals surface area contributed by atoms with E-state index < -0.39 is 17.6 Å². The number of aryl methyl sites for hydroxylation is 1. The van der Waals surface area contributed by atoms with Crippen LogP contribution in [-0.4, -0.2) is 45.4 Å². The molecule has 1 aromatic heterocycles. The van der Waals surface area contributed by atoms with Gasteiger partial charge in [0.05, 0.1) is 11.6 Å². The summed E-state index contributed by atoms with van der Waals surface area (Å²) >= 11 is 0. The molecule has 3 aliphatic rings. The summed E-state index contributed by atoms with van der Waals surface area (Å²) in [5.74, 6) is -1.38. The lowest BCUT2D eigenvalue weighted by Crippen LogP contribution is -2.37. The van der Waals surface area contributed by atoms with E-state index in [1.807, 2.05) is 10.7 Å². The normalized spacial score (nSPS) is 22.9. The van der Waals surface area contributed by atoms with Crippen molar-refractivity contribution in [1.82, 2.24) is 14.7 Å². The van der Waals surface area contributed by atoms with Crippen LogP contribution < -0.4 is 0 Å². The number of aromatic nitrogens is 2. The van der Waals surface area contributed by atoms with Crippen LogP contribution in [0.5, 0.6) is 0 Å². The molecule has 2 aliphatic carbocycles. The fourth-order valence-corrected chi connectivity index (χ4v) is 7.81. The molecule has 45 heavy (non-hydrogen) atoms. The number of likely N-dealkylation sites (tertiary alicyclic amines) is 1. The number of carbonyl (C=O) groups is 1. The molecule has 2 aromatic carbocycles. The first-order valence-electron chi connectivity index (χ1n) is 16.0. The number of nitrogens with zero attached hydrogens (tertiary/aromatic N) is 3. The van der Waals surface area contributed by atoms with Crippen molar-refractivity contribution < 1.29 is 23.1 Å². The van der Waals surface area contributed by atoms with Crippen LogP contribution in [0.1, 0.15) is 86.2 Å². The topological polar surface area (TPSA) is 58.4 Å². The van der Waals surface area contributed by atoms with Crippen molar-refractivity contribution in [2.45, 2.75) is 76.7 Å². The number of halogens is 5. The zero-order valence-corrected chi connectivity index (χ0v) is 27.3. The highest BCUT2D eigenvalue weighted by Gasteiger charge is 2.43. The van der Waals surface area contributed by atoms with E-state index in [2.05, 4.69) is 17.9 Å². The quantitative estimate of drug-likeness (QED) is 0.224. The number of rotatable bonds is 11. The molecular weight excluding hydrogens is 622 g/mol. The Morgan fingerprint density at radius 2 is 1.73 bits per heavy atom. The molecule has 1 saturated heterocycles. The lowest BCUT2D eigenvalue weighted by atomic mass is 9.85. The van der Waals surface area contributed by atoms with Gasteiger partial charge in [-0.3, -0.25) is 9.48 Å². The average molecular weight is 667 g/mol. The monoisotopic (exact) mass is 665 g/mol. The predicted octanol–water partition coefficient (Wildman–Crippen LogP) is 8.25. The van der Waals surface area contributed by atoms with E-state index >= 15 is 0 Å².